The molecule has 0 amide bonds. The quantitative estimate of drug-likeness (QED) is 0.387. The van der Waals surface area contributed by atoms with Crippen molar-refractivity contribution in [1.82, 2.24) is 0 Å². The Labute approximate surface area is 190 Å². The Hall–Kier alpha value is -0.499. The van der Waals surface area contributed by atoms with E-state index in [2.05, 4.69) is 46.1 Å². The molecule has 0 aromatic rings. The first kappa shape index (κ1) is 29.5. The van der Waals surface area contributed by atoms with Crippen molar-refractivity contribution >= 4 is 52.1 Å². The summed E-state index contributed by atoms with van der Waals surface area (Å²) in [6, 6.07) is 0. The third kappa shape index (κ3) is 8.21. The second-order valence-electron chi connectivity index (χ2n) is 7.31. The second kappa shape index (κ2) is 11.4. The van der Waals surface area contributed by atoms with E-state index in [9.17, 15) is 0 Å². The van der Waals surface area contributed by atoms with Crippen molar-refractivity contribution in [2.75, 3.05) is 0 Å². The van der Waals surface area contributed by atoms with Crippen molar-refractivity contribution in [3.05, 3.63) is 74.5 Å². The zero-order valence-corrected chi connectivity index (χ0v) is 25.5. The fourth-order valence-corrected chi connectivity index (χ4v) is 27.9. The first-order valence-electron chi connectivity index (χ1n) is 9.57. The monoisotopic (exact) mass is 518 g/mol. The van der Waals surface area contributed by atoms with Crippen LogP contribution in [0, 0.1) is 0 Å². The minimum atomic E-state index is -2.30. The van der Waals surface area contributed by atoms with Crippen LogP contribution in [0.3, 0.4) is 0 Å². The molecular weight excluding hydrogens is 481 g/mol. The molecule has 170 valence electrons. The fourth-order valence-electron chi connectivity index (χ4n) is 2.83. The van der Waals surface area contributed by atoms with E-state index in [1.54, 1.807) is 17.1 Å². The van der Waals surface area contributed by atoms with Crippen LogP contribution >= 0.6 is 0 Å². The molecule has 0 radical (unpaired) electrons. The van der Waals surface area contributed by atoms with Crippen LogP contribution in [0.1, 0.15) is 0 Å². The Morgan fingerprint density at radius 1 is 0.500 bits per heavy atom. The van der Waals surface area contributed by atoms with Gasteiger partial charge in [-0.05, 0) is 39.3 Å². The van der Waals surface area contributed by atoms with Gasteiger partial charge >= 0.3 is 52.1 Å². The van der Waals surface area contributed by atoms with E-state index in [1.807, 2.05) is 50.7 Å². The van der Waals surface area contributed by atoms with Gasteiger partial charge in [0, 0.05) is 0 Å². The van der Waals surface area contributed by atoms with Gasteiger partial charge in [-0.1, -0.05) is 28.5 Å². The summed E-state index contributed by atoms with van der Waals surface area (Å²) in [6.45, 7) is 36.8. The van der Waals surface area contributed by atoms with E-state index in [1.165, 1.54) is 0 Å². The molecule has 12 heteroatoms. The van der Waals surface area contributed by atoms with Crippen molar-refractivity contribution in [2.45, 2.75) is 39.3 Å². The van der Waals surface area contributed by atoms with Gasteiger partial charge in [0.2, 0.25) is 0 Å². The third-order valence-electron chi connectivity index (χ3n) is 4.28. The highest BCUT2D eigenvalue weighted by atomic mass is 28.5. The molecule has 0 saturated carbocycles. The lowest BCUT2D eigenvalue weighted by atomic mass is 11.3. The van der Waals surface area contributed by atoms with Gasteiger partial charge < -0.3 is 24.7 Å². The van der Waals surface area contributed by atoms with Crippen LogP contribution in [0.2, 0.25) is 39.3 Å². The normalized spacial score (nSPS) is 42.8. The summed E-state index contributed by atoms with van der Waals surface area (Å²) >= 11 is 0. The maximum atomic E-state index is 5.94. The standard InChI is InChI=1S/C9H18O3Si3.C7H16O3Si3.C2H4/c1-7-13(4)10-14(5,8-2)12-15(6,9-3)11-13;1-6-12(4)8-11(3)9-13(5,7-2)10-12;1-2/h7-9H,1-3H2,4-6H3;6-7,11H,1-2H2,3-5H3;1-2H2. The van der Waals surface area contributed by atoms with E-state index >= 15 is 0 Å². The van der Waals surface area contributed by atoms with Gasteiger partial charge in [-0.25, -0.2) is 0 Å². The fraction of sp³-hybridized carbons (Fsp3) is 0.333. The van der Waals surface area contributed by atoms with Gasteiger partial charge in [0.05, 0.1) is 0 Å². The zero-order valence-electron chi connectivity index (χ0n) is 19.4. The molecule has 0 spiro atoms. The van der Waals surface area contributed by atoms with Gasteiger partial charge in [0.25, 0.3) is 0 Å². The van der Waals surface area contributed by atoms with Gasteiger partial charge in [-0.15, -0.1) is 46.1 Å². The lowest BCUT2D eigenvalue weighted by molar-refractivity contribution is 0.250. The van der Waals surface area contributed by atoms with Crippen LogP contribution in [0.4, 0.5) is 0 Å². The Morgan fingerprint density at radius 3 is 0.900 bits per heavy atom. The Morgan fingerprint density at radius 2 is 0.700 bits per heavy atom. The van der Waals surface area contributed by atoms with Gasteiger partial charge in [-0.2, -0.15) is 0 Å². The second-order valence-corrected chi connectivity index (χ2v) is 25.8. The first-order valence-corrected chi connectivity index (χ1v) is 23.6. The topological polar surface area (TPSA) is 55.4 Å². The lowest BCUT2D eigenvalue weighted by Gasteiger charge is -2.46. The van der Waals surface area contributed by atoms with Crippen molar-refractivity contribution in [1.29, 1.82) is 0 Å². The van der Waals surface area contributed by atoms with E-state index < -0.39 is 52.1 Å². The van der Waals surface area contributed by atoms with Gasteiger partial charge in [0.1, 0.15) is 0 Å². The Kier molecular flexibility index (Phi) is 11.2. The molecule has 0 aromatic carbocycles. The van der Waals surface area contributed by atoms with E-state index in [0.717, 1.165) is 0 Å². The molecule has 30 heavy (non-hydrogen) atoms. The number of hydrogen-bond donors (Lipinski definition) is 0. The van der Waals surface area contributed by atoms with E-state index in [0.29, 0.717) is 0 Å². The predicted octanol–water partition coefficient (Wildman–Crippen LogP) is 4.74. The smallest absolute Gasteiger partial charge is 0.344 e. The third-order valence-corrected chi connectivity index (χ3v) is 27.4. The average molecular weight is 519 g/mol. The van der Waals surface area contributed by atoms with E-state index in [-0.39, 0.29) is 0 Å². The molecule has 0 bridgehead atoms. The Balaban J connectivity index is 0.000000522. The Bertz CT molecular complexity index is 586. The van der Waals surface area contributed by atoms with Gasteiger partial charge in [0.15, 0.2) is 0 Å². The molecule has 2 rings (SSSR count). The van der Waals surface area contributed by atoms with E-state index in [4.69, 9.17) is 24.7 Å². The van der Waals surface area contributed by atoms with Crippen LogP contribution in [-0.4, -0.2) is 52.1 Å². The van der Waals surface area contributed by atoms with Crippen molar-refractivity contribution < 1.29 is 24.7 Å². The highest BCUT2D eigenvalue weighted by molar-refractivity contribution is 6.98. The predicted molar refractivity (Wildman–Crippen MR) is 140 cm³/mol. The minimum absolute atomic E-state index is 1.52. The molecule has 0 N–H and O–H groups in total. The largest absolute Gasteiger partial charge is 0.415 e. The summed E-state index contributed by atoms with van der Waals surface area (Å²) in [6.07, 6.45) is 0. The SMILES string of the molecule is C=C.C=C[Si]1(C)O[SiH](C)O[Si](C)(C=C)O1.C=C[Si]1(C)O[Si](C)(C=C)O[Si](C)(C=C)O1. The van der Waals surface area contributed by atoms with Gasteiger partial charge in [-0.3, -0.25) is 0 Å². The highest BCUT2D eigenvalue weighted by Gasteiger charge is 2.53. The zero-order chi connectivity index (χ0) is 23.9. The highest BCUT2D eigenvalue weighted by Crippen LogP contribution is 2.32. The summed E-state index contributed by atoms with van der Waals surface area (Å²) in [7, 11) is -12.7. The van der Waals surface area contributed by atoms with Crippen molar-refractivity contribution in [3.63, 3.8) is 0 Å². The number of rotatable bonds is 5. The molecule has 2 fully saturated rings. The van der Waals surface area contributed by atoms with Crippen LogP contribution in [-0.2, 0) is 24.7 Å². The molecule has 0 aromatic heterocycles. The summed E-state index contributed by atoms with van der Waals surface area (Å²) in [5, 5.41) is 0. The summed E-state index contributed by atoms with van der Waals surface area (Å²) in [5.41, 5.74) is 9.00. The van der Waals surface area contributed by atoms with Crippen LogP contribution < -0.4 is 0 Å². The summed E-state index contributed by atoms with van der Waals surface area (Å²) in [4.78, 5) is 0. The molecule has 6 nitrogen and oxygen atoms in total. The maximum absolute atomic E-state index is 5.94. The van der Waals surface area contributed by atoms with Crippen LogP contribution in [0.5, 0.6) is 0 Å². The molecule has 2 saturated heterocycles. The maximum Gasteiger partial charge on any atom is 0.344 e. The molecule has 0 aliphatic carbocycles. The summed E-state index contributed by atoms with van der Waals surface area (Å²) < 4.78 is 35.1. The number of hydrogen-bond acceptors (Lipinski definition) is 6. The molecular formula is C18H38O6Si6. The van der Waals surface area contributed by atoms with Crippen molar-refractivity contribution in [3.8, 4) is 0 Å². The molecule has 2 heterocycles. The molecule has 2 aliphatic rings. The average Bonchev–Trinajstić information content (AvgIpc) is 2.68. The summed E-state index contributed by atoms with van der Waals surface area (Å²) in [5.74, 6) is 0. The first-order chi connectivity index (χ1) is 13.7. The molecule has 2 unspecified atom stereocenters. The van der Waals surface area contributed by atoms with Crippen molar-refractivity contribution in [2.24, 2.45) is 0 Å². The lowest BCUT2D eigenvalue weighted by Crippen LogP contribution is -2.65. The minimum Gasteiger partial charge on any atom is -0.415 e. The van der Waals surface area contributed by atoms with Crippen LogP contribution in [0.25, 0.3) is 0 Å². The molecule has 2 aliphatic heterocycles. The molecule has 2 atom stereocenters. The van der Waals surface area contributed by atoms with Crippen LogP contribution in [0.15, 0.2) is 74.5 Å².